The highest BCUT2D eigenvalue weighted by Gasteiger charge is 2.33. The first-order chi connectivity index (χ1) is 9.67. The molecule has 0 bridgehead atoms. The molecule has 1 aromatic rings. The fourth-order valence-electron chi connectivity index (χ4n) is 3.24. The first kappa shape index (κ1) is 15.5. The molecule has 1 fully saturated rings. The first-order valence-corrected chi connectivity index (χ1v) is 8.21. The van der Waals surface area contributed by atoms with Gasteiger partial charge in [0.15, 0.2) is 0 Å². The summed E-state index contributed by atoms with van der Waals surface area (Å²) in [5, 5.41) is 3.77. The van der Waals surface area contributed by atoms with Crippen molar-refractivity contribution in [3.8, 4) is 0 Å². The molecule has 0 radical (unpaired) electrons. The predicted octanol–water partition coefficient (Wildman–Crippen LogP) is 3.85. The van der Waals surface area contributed by atoms with Crippen LogP contribution in [0.5, 0.6) is 0 Å². The van der Waals surface area contributed by atoms with Gasteiger partial charge in [-0.15, -0.1) is 0 Å². The Balaban J connectivity index is 2.13. The molecule has 2 heteroatoms. The summed E-state index contributed by atoms with van der Waals surface area (Å²) < 4.78 is 0. The molecular weight excluding hydrogens is 244 g/mol. The van der Waals surface area contributed by atoms with Crippen LogP contribution in [-0.4, -0.2) is 30.1 Å². The third-order valence-corrected chi connectivity index (χ3v) is 5.05. The minimum Gasteiger partial charge on any atom is -0.307 e. The summed E-state index contributed by atoms with van der Waals surface area (Å²) in [6.07, 6.45) is 2.49. The lowest BCUT2D eigenvalue weighted by Crippen LogP contribution is -2.57. The smallest absolute Gasteiger partial charge is 0.0450 e. The van der Waals surface area contributed by atoms with E-state index >= 15 is 0 Å². The number of nitrogens with one attached hydrogen (secondary N) is 1. The number of benzene rings is 1. The Bertz CT molecular complexity index is 390. The van der Waals surface area contributed by atoms with Crippen molar-refractivity contribution in [2.24, 2.45) is 5.92 Å². The number of hydrogen-bond donors (Lipinski definition) is 1. The van der Waals surface area contributed by atoms with Crippen LogP contribution in [0.3, 0.4) is 0 Å². The SMILES string of the molecule is CCC(C)C1CNC(c2ccccc2)CN1C(C)CC. The maximum atomic E-state index is 3.77. The van der Waals surface area contributed by atoms with Crippen LogP contribution in [0.25, 0.3) is 0 Å². The van der Waals surface area contributed by atoms with Crippen LogP contribution in [0.2, 0.25) is 0 Å². The Morgan fingerprint density at radius 3 is 2.45 bits per heavy atom. The fraction of sp³-hybridized carbons (Fsp3) is 0.667. The molecule has 0 aromatic heterocycles. The molecule has 4 atom stereocenters. The van der Waals surface area contributed by atoms with Gasteiger partial charge in [0.2, 0.25) is 0 Å². The van der Waals surface area contributed by atoms with Gasteiger partial charge >= 0.3 is 0 Å². The normalized spacial score (nSPS) is 27.2. The standard InChI is InChI=1S/C18H30N2/c1-5-14(3)18-12-19-17(13-20(18)15(4)6-2)16-10-8-7-9-11-16/h7-11,14-15,17-19H,5-6,12-13H2,1-4H3. The molecule has 0 saturated carbocycles. The van der Waals surface area contributed by atoms with Gasteiger partial charge in [-0.05, 0) is 24.8 Å². The van der Waals surface area contributed by atoms with Crippen molar-refractivity contribution in [2.75, 3.05) is 13.1 Å². The van der Waals surface area contributed by atoms with E-state index in [1.54, 1.807) is 0 Å². The van der Waals surface area contributed by atoms with Crippen molar-refractivity contribution in [3.63, 3.8) is 0 Å². The van der Waals surface area contributed by atoms with Crippen LogP contribution in [0, 0.1) is 5.92 Å². The van der Waals surface area contributed by atoms with Gasteiger partial charge in [0.05, 0.1) is 0 Å². The molecule has 2 rings (SSSR count). The highest BCUT2D eigenvalue weighted by molar-refractivity contribution is 5.20. The lowest BCUT2D eigenvalue weighted by atomic mass is 9.91. The summed E-state index contributed by atoms with van der Waals surface area (Å²) in [4.78, 5) is 2.74. The summed E-state index contributed by atoms with van der Waals surface area (Å²) >= 11 is 0. The molecule has 2 nitrogen and oxygen atoms in total. The Morgan fingerprint density at radius 2 is 1.85 bits per heavy atom. The summed E-state index contributed by atoms with van der Waals surface area (Å²) in [7, 11) is 0. The second-order valence-electron chi connectivity index (χ2n) is 6.28. The second-order valence-corrected chi connectivity index (χ2v) is 6.28. The van der Waals surface area contributed by atoms with Gasteiger partial charge < -0.3 is 5.32 Å². The van der Waals surface area contributed by atoms with Crippen molar-refractivity contribution < 1.29 is 0 Å². The maximum Gasteiger partial charge on any atom is 0.0450 e. The Labute approximate surface area is 124 Å². The molecule has 1 saturated heterocycles. The van der Waals surface area contributed by atoms with E-state index < -0.39 is 0 Å². The predicted molar refractivity (Wildman–Crippen MR) is 86.9 cm³/mol. The minimum atomic E-state index is 0.477. The van der Waals surface area contributed by atoms with Crippen LogP contribution in [0.1, 0.15) is 52.1 Å². The largest absolute Gasteiger partial charge is 0.307 e. The van der Waals surface area contributed by atoms with Gasteiger partial charge in [0, 0.05) is 31.2 Å². The van der Waals surface area contributed by atoms with E-state index in [2.05, 4.69) is 68.2 Å². The van der Waals surface area contributed by atoms with Crippen LogP contribution >= 0.6 is 0 Å². The first-order valence-electron chi connectivity index (χ1n) is 8.21. The molecule has 20 heavy (non-hydrogen) atoms. The van der Waals surface area contributed by atoms with Crippen molar-refractivity contribution in [3.05, 3.63) is 35.9 Å². The van der Waals surface area contributed by atoms with E-state index in [0.717, 1.165) is 19.0 Å². The number of hydrogen-bond acceptors (Lipinski definition) is 2. The third kappa shape index (κ3) is 3.42. The fourth-order valence-corrected chi connectivity index (χ4v) is 3.24. The number of piperazine rings is 1. The highest BCUT2D eigenvalue weighted by Crippen LogP contribution is 2.27. The topological polar surface area (TPSA) is 15.3 Å². The summed E-state index contributed by atoms with van der Waals surface area (Å²) in [5.41, 5.74) is 1.42. The van der Waals surface area contributed by atoms with Crippen molar-refractivity contribution >= 4 is 0 Å². The molecule has 1 heterocycles. The maximum absolute atomic E-state index is 3.77. The average Bonchev–Trinajstić information content (AvgIpc) is 2.53. The van der Waals surface area contributed by atoms with E-state index in [1.807, 2.05) is 0 Å². The van der Waals surface area contributed by atoms with Crippen molar-refractivity contribution in [2.45, 2.75) is 58.7 Å². The molecule has 4 unspecified atom stereocenters. The zero-order valence-corrected chi connectivity index (χ0v) is 13.5. The summed E-state index contributed by atoms with van der Waals surface area (Å²) in [6.45, 7) is 11.6. The second kappa shape index (κ2) is 7.24. The zero-order chi connectivity index (χ0) is 14.5. The lowest BCUT2D eigenvalue weighted by Gasteiger charge is -2.46. The third-order valence-electron chi connectivity index (χ3n) is 5.05. The number of rotatable bonds is 5. The molecule has 1 aliphatic heterocycles. The van der Waals surface area contributed by atoms with E-state index in [4.69, 9.17) is 0 Å². The molecule has 1 aromatic carbocycles. The quantitative estimate of drug-likeness (QED) is 0.877. The van der Waals surface area contributed by atoms with Crippen molar-refractivity contribution in [1.29, 1.82) is 0 Å². The van der Waals surface area contributed by atoms with Crippen LogP contribution in [0.15, 0.2) is 30.3 Å². The van der Waals surface area contributed by atoms with E-state index in [1.165, 1.54) is 18.4 Å². The van der Waals surface area contributed by atoms with Gasteiger partial charge in [0.25, 0.3) is 0 Å². The molecular formula is C18H30N2. The monoisotopic (exact) mass is 274 g/mol. The summed E-state index contributed by atoms with van der Waals surface area (Å²) in [6, 6.07) is 12.7. The van der Waals surface area contributed by atoms with Gasteiger partial charge in [-0.2, -0.15) is 0 Å². The van der Waals surface area contributed by atoms with E-state index in [9.17, 15) is 0 Å². The summed E-state index contributed by atoms with van der Waals surface area (Å²) in [5.74, 6) is 0.758. The van der Waals surface area contributed by atoms with Gasteiger partial charge in [0.1, 0.15) is 0 Å². The van der Waals surface area contributed by atoms with E-state index in [-0.39, 0.29) is 0 Å². The minimum absolute atomic E-state index is 0.477. The molecule has 0 amide bonds. The Morgan fingerprint density at radius 1 is 1.15 bits per heavy atom. The average molecular weight is 274 g/mol. The van der Waals surface area contributed by atoms with Gasteiger partial charge in [-0.1, -0.05) is 57.5 Å². The molecule has 0 spiro atoms. The van der Waals surface area contributed by atoms with Crippen LogP contribution in [0.4, 0.5) is 0 Å². The zero-order valence-electron chi connectivity index (χ0n) is 13.5. The molecule has 112 valence electrons. The van der Waals surface area contributed by atoms with E-state index in [0.29, 0.717) is 18.1 Å². The Hall–Kier alpha value is -0.860. The van der Waals surface area contributed by atoms with Crippen LogP contribution in [-0.2, 0) is 0 Å². The van der Waals surface area contributed by atoms with Crippen molar-refractivity contribution in [1.82, 2.24) is 10.2 Å². The molecule has 1 aliphatic rings. The number of nitrogens with zero attached hydrogens (tertiary/aromatic N) is 1. The van der Waals surface area contributed by atoms with Gasteiger partial charge in [-0.25, -0.2) is 0 Å². The molecule has 0 aliphatic carbocycles. The highest BCUT2D eigenvalue weighted by atomic mass is 15.3. The lowest BCUT2D eigenvalue weighted by molar-refractivity contribution is 0.0548. The Kier molecular flexibility index (Phi) is 5.62. The molecule has 1 N–H and O–H groups in total. The van der Waals surface area contributed by atoms with Crippen LogP contribution < -0.4 is 5.32 Å². The van der Waals surface area contributed by atoms with Gasteiger partial charge in [-0.3, -0.25) is 4.90 Å².